The van der Waals surface area contributed by atoms with E-state index in [2.05, 4.69) is 15.7 Å². The number of hydrogen-bond donors (Lipinski definition) is 1. The summed E-state index contributed by atoms with van der Waals surface area (Å²) in [7, 11) is 2.55. The SMILES string of the molecule is CN(C)S(=O)c1ccc(SNc2cccc(Cl)c2N2CC3CC(C3)C2)s1. The predicted molar refractivity (Wildman–Crippen MR) is 114 cm³/mol. The molecule has 5 rings (SSSR count). The molecule has 3 fully saturated rings. The average molecular weight is 428 g/mol. The van der Waals surface area contributed by atoms with E-state index in [1.165, 1.54) is 12.8 Å². The van der Waals surface area contributed by atoms with Gasteiger partial charge in [0.2, 0.25) is 0 Å². The number of nitrogens with zero attached hydrogens (tertiary/aromatic N) is 2. The number of piperidine rings is 2. The van der Waals surface area contributed by atoms with Gasteiger partial charge in [-0.3, -0.25) is 0 Å². The van der Waals surface area contributed by atoms with Crippen LogP contribution in [0.4, 0.5) is 11.4 Å². The van der Waals surface area contributed by atoms with Crippen molar-refractivity contribution in [3.63, 3.8) is 0 Å². The fourth-order valence-corrected chi connectivity index (χ4v) is 7.25. The number of thiophene rings is 1. The number of para-hydroxylation sites is 1. The van der Waals surface area contributed by atoms with Crippen LogP contribution >= 0.6 is 34.9 Å². The van der Waals surface area contributed by atoms with E-state index in [9.17, 15) is 4.21 Å². The first kappa shape index (κ1) is 18.6. The van der Waals surface area contributed by atoms with Gasteiger partial charge in [0.1, 0.15) is 15.2 Å². The molecule has 4 nitrogen and oxygen atoms in total. The molecular formula is C18H22ClN3OS3. The third kappa shape index (κ3) is 3.78. The predicted octanol–water partition coefficient (Wildman–Crippen LogP) is 4.95. The van der Waals surface area contributed by atoms with Crippen molar-refractivity contribution in [3.05, 3.63) is 35.4 Å². The first-order valence-electron chi connectivity index (χ1n) is 8.66. The Kier molecular flexibility index (Phi) is 5.53. The minimum Gasteiger partial charge on any atom is -0.368 e. The first-order chi connectivity index (χ1) is 12.5. The number of anilines is 2. The van der Waals surface area contributed by atoms with Crippen LogP contribution in [0.1, 0.15) is 12.8 Å². The quantitative estimate of drug-likeness (QED) is 0.661. The summed E-state index contributed by atoms with van der Waals surface area (Å²) >= 11 is 9.66. The second-order valence-corrected chi connectivity index (χ2v) is 11.6. The maximum absolute atomic E-state index is 12.2. The highest BCUT2D eigenvalue weighted by Crippen LogP contribution is 2.45. The molecule has 0 amide bonds. The highest BCUT2D eigenvalue weighted by Gasteiger charge is 2.38. The Labute approximate surface area is 170 Å². The van der Waals surface area contributed by atoms with Crippen molar-refractivity contribution in [2.24, 2.45) is 11.8 Å². The lowest BCUT2D eigenvalue weighted by atomic mass is 9.71. The van der Waals surface area contributed by atoms with Crippen LogP contribution in [0.2, 0.25) is 5.02 Å². The molecule has 1 saturated carbocycles. The number of nitrogens with one attached hydrogen (secondary N) is 1. The van der Waals surface area contributed by atoms with E-state index >= 15 is 0 Å². The lowest BCUT2D eigenvalue weighted by Crippen LogP contribution is -2.48. The van der Waals surface area contributed by atoms with Crippen LogP contribution < -0.4 is 9.62 Å². The molecule has 1 aromatic heterocycles. The van der Waals surface area contributed by atoms with Crippen LogP contribution in [-0.2, 0) is 11.0 Å². The van der Waals surface area contributed by atoms with Gasteiger partial charge >= 0.3 is 0 Å². The standard InChI is InChI=1S/C18H22ClN3OS3/c1-21(2)26(23)17-7-6-16(24-17)25-20-15-5-3-4-14(19)18(15)22-10-12-8-13(9-12)11-22/h3-7,12-13,20H,8-11H2,1-2H3. The summed E-state index contributed by atoms with van der Waals surface area (Å²) in [6.45, 7) is 2.20. The number of fused-ring (bicyclic) bond motifs is 2. The monoisotopic (exact) mass is 427 g/mol. The van der Waals surface area contributed by atoms with Crippen molar-refractivity contribution < 1.29 is 4.21 Å². The highest BCUT2D eigenvalue weighted by molar-refractivity contribution is 8.02. The molecule has 26 heavy (non-hydrogen) atoms. The number of rotatable bonds is 6. The lowest BCUT2D eigenvalue weighted by Gasteiger charge is -2.48. The van der Waals surface area contributed by atoms with Crippen molar-refractivity contribution in [3.8, 4) is 0 Å². The third-order valence-electron chi connectivity index (χ3n) is 4.92. The van der Waals surface area contributed by atoms with Crippen LogP contribution in [0, 0.1) is 11.8 Å². The Balaban J connectivity index is 1.48. The van der Waals surface area contributed by atoms with Crippen LogP contribution in [0.15, 0.2) is 38.8 Å². The summed E-state index contributed by atoms with van der Waals surface area (Å²) in [6.07, 6.45) is 2.75. The molecular weight excluding hydrogens is 406 g/mol. The molecule has 1 unspecified atom stereocenters. The minimum atomic E-state index is -1.09. The second-order valence-electron chi connectivity index (χ2n) is 7.08. The summed E-state index contributed by atoms with van der Waals surface area (Å²) in [5.74, 6) is 1.65. The Hall–Kier alpha value is -0.730. The van der Waals surface area contributed by atoms with Gasteiger partial charge in [-0.1, -0.05) is 17.7 Å². The smallest absolute Gasteiger partial charge is 0.137 e. The van der Waals surface area contributed by atoms with E-state index in [0.717, 1.165) is 49.7 Å². The molecule has 8 heteroatoms. The average Bonchev–Trinajstić information content (AvgIpc) is 3.07. The zero-order valence-corrected chi connectivity index (χ0v) is 18.0. The van der Waals surface area contributed by atoms with Gasteiger partial charge in [0.15, 0.2) is 0 Å². The van der Waals surface area contributed by atoms with Gasteiger partial charge in [-0.05, 0) is 75.0 Å². The zero-order chi connectivity index (χ0) is 18.3. The highest BCUT2D eigenvalue weighted by atomic mass is 35.5. The summed E-state index contributed by atoms with van der Waals surface area (Å²) < 4.78 is 19.3. The van der Waals surface area contributed by atoms with Gasteiger partial charge in [0.25, 0.3) is 0 Å². The Morgan fingerprint density at radius 1 is 1.23 bits per heavy atom. The molecule has 1 N–H and O–H groups in total. The van der Waals surface area contributed by atoms with Gasteiger partial charge in [-0.25, -0.2) is 8.51 Å². The van der Waals surface area contributed by atoms with Gasteiger partial charge in [-0.2, -0.15) is 0 Å². The summed E-state index contributed by atoms with van der Waals surface area (Å²) in [6, 6.07) is 9.99. The second kappa shape index (κ2) is 7.72. The molecule has 1 aliphatic carbocycles. The summed E-state index contributed by atoms with van der Waals surface area (Å²) in [4.78, 5) is 2.44. The molecule has 3 aliphatic rings. The van der Waals surface area contributed by atoms with Crippen LogP contribution in [0.3, 0.4) is 0 Å². The third-order valence-corrected chi connectivity index (χ3v) is 8.88. The Bertz CT molecular complexity index is 810. The maximum Gasteiger partial charge on any atom is 0.137 e. The van der Waals surface area contributed by atoms with Crippen molar-refractivity contribution in [1.82, 2.24) is 4.31 Å². The van der Waals surface area contributed by atoms with Crippen LogP contribution in [-0.4, -0.2) is 35.7 Å². The molecule has 2 aliphatic heterocycles. The Morgan fingerprint density at radius 2 is 1.96 bits per heavy atom. The molecule has 1 aromatic carbocycles. The Morgan fingerprint density at radius 3 is 2.65 bits per heavy atom. The van der Waals surface area contributed by atoms with Crippen LogP contribution in [0.25, 0.3) is 0 Å². The van der Waals surface area contributed by atoms with Crippen molar-refractivity contribution in [2.75, 3.05) is 36.8 Å². The van der Waals surface area contributed by atoms with Gasteiger partial charge in [-0.15, -0.1) is 11.3 Å². The van der Waals surface area contributed by atoms with Crippen molar-refractivity contribution in [2.45, 2.75) is 21.3 Å². The van der Waals surface area contributed by atoms with E-state index in [0.29, 0.717) is 0 Å². The first-order valence-corrected chi connectivity index (χ1v) is 11.8. The maximum atomic E-state index is 12.2. The normalized spacial score (nSPS) is 23.0. The minimum absolute atomic E-state index is 0.803. The summed E-state index contributed by atoms with van der Waals surface area (Å²) in [5, 5.41) is 0.803. The number of halogens is 1. The van der Waals surface area contributed by atoms with E-state index in [-0.39, 0.29) is 0 Å². The molecule has 2 aromatic rings. The molecule has 140 valence electrons. The molecule has 0 spiro atoms. The molecule has 2 saturated heterocycles. The molecule has 1 atom stereocenters. The largest absolute Gasteiger partial charge is 0.368 e. The molecule has 2 bridgehead atoms. The fraction of sp³-hybridized carbons (Fsp3) is 0.444. The lowest BCUT2D eigenvalue weighted by molar-refractivity contribution is 0.159. The van der Waals surface area contributed by atoms with E-state index in [1.807, 2.05) is 38.4 Å². The fourth-order valence-electron chi connectivity index (χ4n) is 3.71. The van der Waals surface area contributed by atoms with E-state index in [4.69, 9.17) is 11.6 Å². The molecule has 0 radical (unpaired) electrons. The topological polar surface area (TPSA) is 35.6 Å². The zero-order valence-electron chi connectivity index (χ0n) is 14.8. The van der Waals surface area contributed by atoms with Gasteiger partial charge < -0.3 is 9.62 Å². The van der Waals surface area contributed by atoms with E-state index in [1.54, 1.807) is 27.6 Å². The van der Waals surface area contributed by atoms with Crippen molar-refractivity contribution >= 4 is 57.2 Å². The number of hydrogen-bond acceptors (Lipinski definition) is 5. The number of benzene rings is 1. The van der Waals surface area contributed by atoms with Crippen LogP contribution in [0.5, 0.6) is 0 Å². The van der Waals surface area contributed by atoms with Crippen molar-refractivity contribution in [1.29, 1.82) is 0 Å². The van der Waals surface area contributed by atoms with Gasteiger partial charge in [0.05, 0.1) is 20.6 Å². The van der Waals surface area contributed by atoms with E-state index < -0.39 is 11.0 Å². The van der Waals surface area contributed by atoms with Gasteiger partial charge in [0, 0.05) is 13.1 Å². The molecule has 3 heterocycles. The summed E-state index contributed by atoms with van der Waals surface area (Å²) in [5.41, 5.74) is 2.16.